The van der Waals surface area contributed by atoms with Gasteiger partial charge in [-0.15, -0.1) is 0 Å². The Balaban J connectivity index is 2.23. The molecule has 0 saturated carbocycles. The molecule has 0 bridgehead atoms. The van der Waals surface area contributed by atoms with Crippen LogP contribution in [0, 0.1) is 5.82 Å². The van der Waals surface area contributed by atoms with Gasteiger partial charge in [-0.2, -0.15) is 0 Å². The van der Waals surface area contributed by atoms with Gasteiger partial charge < -0.3 is 10.4 Å². The Labute approximate surface area is 92.5 Å². The highest BCUT2D eigenvalue weighted by Gasteiger charge is 2.18. The first-order valence-electron chi connectivity index (χ1n) is 5.30. The monoisotopic (exact) mass is 224 g/mol. The van der Waals surface area contributed by atoms with E-state index in [1.807, 2.05) is 0 Å². The standard InChI is InChI=1S/C11H13FN2O2/c12-8-5-7(6-14-10(8)11(15)16)9-3-1-2-4-13-9/h5-6,9,13H,1-4H2,(H,15,16)/t9-/m0/s1. The van der Waals surface area contributed by atoms with Crippen LogP contribution in [0.1, 0.15) is 41.4 Å². The normalized spacial score (nSPS) is 20.7. The van der Waals surface area contributed by atoms with E-state index in [0.29, 0.717) is 0 Å². The quantitative estimate of drug-likeness (QED) is 0.803. The van der Waals surface area contributed by atoms with E-state index in [0.717, 1.165) is 31.4 Å². The van der Waals surface area contributed by atoms with Crippen LogP contribution in [0.3, 0.4) is 0 Å². The fraction of sp³-hybridized carbons (Fsp3) is 0.455. The van der Waals surface area contributed by atoms with Gasteiger partial charge in [0.1, 0.15) is 0 Å². The van der Waals surface area contributed by atoms with Gasteiger partial charge in [0.15, 0.2) is 11.5 Å². The lowest BCUT2D eigenvalue weighted by atomic mass is 9.98. The molecule has 86 valence electrons. The maximum Gasteiger partial charge on any atom is 0.357 e. The van der Waals surface area contributed by atoms with Crippen LogP contribution in [0.5, 0.6) is 0 Å². The number of nitrogens with zero attached hydrogens (tertiary/aromatic N) is 1. The van der Waals surface area contributed by atoms with E-state index in [1.165, 1.54) is 12.3 Å². The lowest BCUT2D eigenvalue weighted by Gasteiger charge is -2.23. The van der Waals surface area contributed by atoms with Gasteiger partial charge in [0.05, 0.1) is 0 Å². The number of aromatic nitrogens is 1. The number of hydrogen-bond acceptors (Lipinski definition) is 3. The number of carboxylic acid groups (broad SMARTS) is 1. The Bertz CT molecular complexity index is 403. The fourth-order valence-electron chi connectivity index (χ4n) is 1.94. The van der Waals surface area contributed by atoms with E-state index in [-0.39, 0.29) is 6.04 Å². The highest BCUT2D eigenvalue weighted by molar-refractivity contribution is 5.85. The van der Waals surface area contributed by atoms with Crippen molar-refractivity contribution in [3.05, 3.63) is 29.3 Å². The molecule has 1 fully saturated rings. The number of piperidine rings is 1. The van der Waals surface area contributed by atoms with Crippen LogP contribution in [-0.4, -0.2) is 22.6 Å². The number of hydrogen-bond donors (Lipinski definition) is 2. The van der Waals surface area contributed by atoms with Gasteiger partial charge >= 0.3 is 5.97 Å². The second-order valence-corrected chi connectivity index (χ2v) is 3.91. The van der Waals surface area contributed by atoms with Crippen LogP contribution in [0.15, 0.2) is 12.3 Å². The van der Waals surface area contributed by atoms with Gasteiger partial charge in [0, 0.05) is 12.2 Å². The van der Waals surface area contributed by atoms with Crippen molar-refractivity contribution in [2.45, 2.75) is 25.3 Å². The van der Waals surface area contributed by atoms with Crippen molar-refractivity contribution >= 4 is 5.97 Å². The summed E-state index contributed by atoms with van der Waals surface area (Å²) in [5.74, 6) is -2.10. The summed E-state index contributed by atoms with van der Waals surface area (Å²) >= 11 is 0. The number of halogens is 1. The smallest absolute Gasteiger partial charge is 0.357 e. The molecule has 0 radical (unpaired) electrons. The lowest BCUT2D eigenvalue weighted by molar-refractivity contribution is 0.0685. The molecule has 2 N–H and O–H groups in total. The summed E-state index contributed by atoms with van der Waals surface area (Å²) in [6.45, 7) is 0.910. The zero-order valence-electron chi connectivity index (χ0n) is 8.74. The molecule has 1 aromatic heterocycles. The van der Waals surface area contributed by atoms with Crippen LogP contribution in [0.4, 0.5) is 4.39 Å². The van der Waals surface area contributed by atoms with Crippen LogP contribution in [-0.2, 0) is 0 Å². The summed E-state index contributed by atoms with van der Waals surface area (Å²) in [5.41, 5.74) is 0.210. The lowest BCUT2D eigenvalue weighted by Crippen LogP contribution is -2.27. The third-order valence-corrected chi connectivity index (χ3v) is 2.78. The number of aromatic carboxylic acids is 1. The maximum absolute atomic E-state index is 13.4. The minimum atomic E-state index is -1.33. The summed E-state index contributed by atoms with van der Waals surface area (Å²) in [6.07, 6.45) is 4.60. The highest BCUT2D eigenvalue weighted by Crippen LogP contribution is 2.23. The van der Waals surface area contributed by atoms with Gasteiger partial charge in [-0.1, -0.05) is 6.42 Å². The minimum absolute atomic E-state index is 0.0959. The average molecular weight is 224 g/mol. The van der Waals surface area contributed by atoms with E-state index in [9.17, 15) is 9.18 Å². The Morgan fingerprint density at radius 3 is 2.94 bits per heavy atom. The molecule has 1 saturated heterocycles. The Kier molecular flexibility index (Phi) is 3.14. The molecule has 2 rings (SSSR count). The fourth-order valence-corrected chi connectivity index (χ4v) is 1.94. The average Bonchev–Trinajstić information content (AvgIpc) is 2.29. The van der Waals surface area contributed by atoms with E-state index in [1.54, 1.807) is 0 Å². The second-order valence-electron chi connectivity index (χ2n) is 3.91. The Morgan fingerprint density at radius 1 is 1.56 bits per heavy atom. The number of nitrogens with one attached hydrogen (secondary N) is 1. The van der Waals surface area contributed by atoms with Gasteiger partial charge in [-0.05, 0) is 31.0 Å². The summed E-state index contributed by atoms with van der Waals surface area (Å²) in [4.78, 5) is 14.2. The SMILES string of the molecule is O=C(O)c1ncc([C@@H]2CCCCN2)cc1F. The molecular formula is C11H13FN2O2. The first kappa shape index (κ1) is 11.0. The zero-order chi connectivity index (χ0) is 11.5. The third kappa shape index (κ3) is 2.19. The molecule has 16 heavy (non-hydrogen) atoms. The van der Waals surface area contributed by atoms with Crippen LogP contribution < -0.4 is 5.32 Å². The molecule has 2 heterocycles. The van der Waals surface area contributed by atoms with Crippen molar-refractivity contribution in [2.75, 3.05) is 6.54 Å². The van der Waals surface area contributed by atoms with E-state index in [2.05, 4.69) is 10.3 Å². The molecule has 1 aromatic rings. The number of carboxylic acids is 1. The molecule has 1 aliphatic heterocycles. The first-order valence-corrected chi connectivity index (χ1v) is 5.30. The van der Waals surface area contributed by atoms with E-state index in [4.69, 9.17) is 5.11 Å². The zero-order valence-corrected chi connectivity index (χ0v) is 8.74. The topological polar surface area (TPSA) is 62.2 Å². The predicted octanol–water partition coefficient (Wildman–Crippen LogP) is 1.73. The van der Waals surface area contributed by atoms with Gasteiger partial charge in [-0.3, -0.25) is 0 Å². The first-order chi connectivity index (χ1) is 7.68. The van der Waals surface area contributed by atoms with Crippen molar-refractivity contribution < 1.29 is 14.3 Å². The predicted molar refractivity (Wildman–Crippen MR) is 55.7 cm³/mol. The van der Waals surface area contributed by atoms with Crippen molar-refractivity contribution in [2.24, 2.45) is 0 Å². The summed E-state index contributed by atoms with van der Waals surface area (Å²) in [7, 11) is 0. The summed E-state index contributed by atoms with van der Waals surface area (Å²) in [5, 5.41) is 11.9. The summed E-state index contributed by atoms with van der Waals surface area (Å²) < 4.78 is 13.4. The largest absolute Gasteiger partial charge is 0.476 e. The third-order valence-electron chi connectivity index (χ3n) is 2.78. The highest BCUT2D eigenvalue weighted by atomic mass is 19.1. The Morgan fingerprint density at radius 2 is 2.38 bits per heavy atom. The molecule has 4 nitrogen and oxygen atoms in total. The van der Waals surface area contributed by atoms with Crippen LogP contribution >= 0.6 is 0 Å². The van der Waals surface area contributed by atoms with E-state index >= 15 is 0 Å². The molecule has 1 aliphatic rings. The van der Waals surface area contributed by atoms with E-state index < -0.39 is 17.5 Å². The molecular weight excluding hydrogens is 211 g/mol. The van der Waals surface area contributed by atoms with Gasteiger partial charge in [0.2, 0.25) is 0 Å². The van der Waals surface area contributed by atoms with Crippen LogP contribution in [0.25, 0.3) is 0 Å². The van der Waals surface area contributed by atoms with Crippen LogP contribution in [0.2, 0.25) is 0 Å². The molecule has 5 heteroatoms. The molecule has 0 amide bonds. The maximum atomic E-state index is 13.4. The second kappa shape index (κ2) is 4.57. The molecule has 0 spiro atoms. The van der Waals surface area contributed by atoms with Crippen molar-refractivity contribution in [3.63, 3.8) is 0 Å². The number of carbonyl (C=O) groups is 1. The van der Waals surface area contributed by atoms with Gasteiger partial charge in [0.25, 0.3) is 0 Å². The summed E-state index contributed by atoms with van der Waals surface area (Å²) in [6, 6.07) is 1.36. The molecule has 0 aliphatic carbocycles. The number of pyridine rings is 1. The molecule has 0 unspecified atom stereocenters. The van der Waals surface area contributed by atoms with Crippen molar-refractivity contribution in [3.8, 4) is 0 Å². The van der Waals surface area contributed by atoms with Gasteiger partial charge in [-0.25, -0.2) is 14.2 Å². The Hall–Kier alpha value is -1.49. The number of rotatable bonds is 2. The van der Waals surface area contributed by atoms with Crippen molar-refractivity contribution in [1.82, 2.24) is 10.3 Å². The molecule has 1 atom stereocenters. The molecule has 0 aromatic carbocycles. The minimum Gasteiger partial charge on any atom is -0.476 e. The van der Waals surface area contributed by atoms with Crippen molar-refractivity contribution in [1.29, 1.82) is 0 Å².